The lowest BCUT2D eigenvalue weighted by molar-refractivity contribution is -0.0498. The molecule has 1 heterocycles. The Labute approximate surface area is 123 Å². The summed E-state index contributed by atoms with van der Waals surface area (Å²) in [6, 6.07) is 8.26. The van der Waals surface area contributed by atoms with Gasteiger partial charge < -0.3 is 4.74 Å². The van der Waals surface area contributed by atoms with Crippen molar-refractivity contribution in [3.8, 4) is 5.75 Å². The summed E-state index contributed by atoms with van der Waals surface area (Å²) in [5.41, 5.74) is 1.64. The van der Waals surface area contributed by atoms with E-state index in [1.165, 1.54) is 23.5 Å². The number of thiophene rings is 1. The first-order valence-corrected chi connectivity index (χ1v) is 7.05. The molecule has 1 atom stereocenters. The van der Waals surface area contributed by atoms with Gasteiger partial charge in [-0.15, -0.1) is 22.9 Å². The number of hydrogen-bond donors (Lipinski definition) is 0. The molecule has 102 valence electrons. The molecule has 0 aliphatic rings. The Kier molecular flexibility index (Phi) is 4.66. The van der Waals surface area contributed by atoms with Gasteiger partial charge in [0.15, 0.2) is 0 Å². The van der Waals surface area contributed by atoms with Gasteiger partial charge in [-0.05, 0) is 36.2 Å². The molecule has 1 unspecified atom stereocenters. The molecule has 1 nitrogen and oxygen atoms in total. The van der Waals surface area contributed by atoms with E-state index < -0.39 is 12.0 Å². The maximum atomic E-state index is 12.2. The first kappa shape index (κ1) is 14.6. The quantitative estimate of drug-likeness (QED) is 0.662. The fraction of sp³-hybridized carbons (Fsp3) is 0.231. The average molecular weight is 323 g/mol. The topological polar surface area (TPSA) is 9.23 Å². The number of rotatable bonds is 4. The summed E-state index contributed by atoms with van der Waals surface area (Å²) in [7, 11) is 0. The van der Waals surface area contributed by atoms with Crippen LogP contribution in [0, 0.1) is 6.92 Å². The Bertz CT molecular complexity index is 552. The Balaban J connectivity index is 2.25. The third-order valence-corrected chi connectivity index (χ3v) is 4.74. The van der Waals surface area contributed by atoms with Gasteiger partial charge >= 0.3 is 6.61 Å². The van der Waals surface area contributed by atoms with Crippen LogP contribution in [0.15, 0.2) is 30.3 Å². The van der Waals surface area contributed by atoms with Crippen molar-refractivity contribution in [3.05, 3.63) is 50.7 Å². The highest BCUT2D eigenvalue weighted by Gasteiger charge is 2.16. The van der Waals surface area contributed by atoms with Crippen LogP contribution in [0.4, 0.5) is 8.78 Å². The van der Waals surface area contributed by atoms with E-state index in [1.54, 1.807) is 12.1 Å². The molecule has 0 amide bonds. The lowest BCUT2D eigenvalue weighted by Gasteiger charge is -2.10. The highest BCUT2D eigenvalue weighted by atomic mass is 35.5. The molecule has 0 fully saturated rings. The molecule has 2 aromatic rings. The van der Waals surface area contributed by atoms with Gasteiger partial charge in [-0.3, -0.25) is 0 Å². The maximum absolute atomic E-state index is 12.2. The van der Waals surface area contributed by atoms with Gasteiger partial charge in [-0.1, -0.05) is 23.7 Å². The van der Waals surface area contributed by atoms with Crippen molar-refractivity contribution in [1.82, 2.24) is 0 Å². The standard InChI is InChI=1S/C13H10Cl2F2OS/c1-7-5-10(19-12(7)15)11(14)8-3-2-4-9(6-8)18-13(16)17/h2-6,11,13H,1H3. The summed E-state index contributed by atoms with van der Waals surface area (Å²) in [4.78, 5) is 0.873. The summed E-state index contributed by atoms with van der Waals surface area (Å²) in [6.07, 6.45) is 0. The fourth-order valence-corrected chi connectivity index (χ4v) is 3.18. The second kappa shape index (κ2) is 6.07. The molecule has 6 heteroatoms. The van der Waals surface area contributed by atoms with Gasteiger partial charge in [0.1, 0.15) is 5.75 Å². The van der Waals surface area contributed by atoms with Gasteiger partial charge in [0.2, 0.25) is 0 Å². The molecule has 0 bridgehead atoms. The van der Waals surface area contributed by atoms with Crippen LogP contribution in [0.3, 0.4) is 0 Å². The van der Waals surface area contributed by atoms with Crippen LogP contribution in [-0.4, -0.2) is 6.61 Å². The molecule has 1 aromatic heterocycles. The minimum absolute atomic E-state index is 0.0949. The summed E-state index contributed by atoms with van der Waals surface area (Å²) < 4.78 is 29.4. The number of aryl methyl sites for hydroxylation is 1. The zero-order valence-corrected chi connectivity index (χ0v) is 12.2. The highest BCUT2D eigenvalue weighted by molar-refractivity contribution is 7.16. The SMILES string of the molecule is Cc1cc(C(Cl)c2cccc(OC(F)F)c2)sc1Cl. The largest absolute Gasteiger partial charge is 0.435 e. The van der Waals surface area contributed by atoms with Crippen LogP contribution < -0.4 is 4.74 Å². The van der Waals surface area contributed by atoms with E-state index >= 15 is 0 Å². The fourth-order valence-electron chi connectivity index (χ4n) is 1.62. The second-order valence-electron chi connectivity index (χ2n) is 3.92. The lowest BCUT2D eigenvalue weighted by atomic mass is 10.1. The molecule has 0 radical (unpaired) electrons. The molecule has 0 saturated carbocycles. The van der Waals surface area contributed by atoms with Crippen molar-refractivity contribution < 1.29 is 13.5 Å². The molecule has 0 spiro atoms. The molecule has 0 aliphatic carbocycles. The van der Waals surface area contributed by atoms with Crippen molar-refractivity contribution in [3.63, 3.8) is 0 Å². The van der Waals surface area contributed by atoms with Crippen molar-refractivity contribution in [2.75, 3.05) is 0 Å². The minimum Gasteiger partial charge on any atom is -0.435 e. The average Bonchev–Trinajstić information content (AvgIpc) is 2.68. The third-order valence-electron chi connectivity index (χ3n) is 2.50. The highest BCUT2D eigenvalue weighted by Crippen LogP contribution is 2.38. The van der Waals surface area contributed by atoms with E-state index in [1.807, 2.05) is 13.0 Å². The molecule has 0 aliphatic heterocycles. The summed E-state index contributed by atoms with van der Waals surface area (Å²) in [5.74, 6) is 0.0949. The normalized spacial score (nSPS) is 12.7. The van der Waals surface area contributed by atoms with Crippen molar-refractivity contribution >= 4 is 34.5 Å². The van der Waals surface area contributed by atoms with Gasteiger partial charge in [-0.2, -0.15) is 8.78 Å². The van der Waals surface area contributed by atoms with Gasteiger partial charge in [0.25, 0.3) is 0 Å². The lowest BCUT2D eigenvalue weighted by Crippen LogP contribution is -2.02. The Morgan fingerprint density at radius 1 is 1.26 bits per heavy atom. The van der Waals surface area contributed by atoms with E-state index in [-0.39, 0.29) is 5.75 Å². The molecular weight excluding hydrogens is 313 g/mol. The van der Waals surface area contributed by atoms with Crippen LogP contribution in [0.5, 0.6) is 5.75 Å². The van der Waals surface area contributed by atoms with E-state index in [4.69, 9.17) is 23.2 Å². The van der Waals surface area contributed by atoms with E-state index in [9.17, 15) is 8.78 Å². The second-order valence-corrected chi connectivity index (χ2v) is 6.04. The molecule has 0 N–H and O–H groups in total. The number of alkyl halides is 3. The molecular formula is C13H10Cl2F2OS. The van der Waals surface area contributed by atoms with E-state index in [2.05, 4.69) is 4.74 Å². The van der Waals surface area contributed by atoms with Crippen LogP contribution in [0.1, 0.15) is 21.4 Å². The molecule has 1 aromatic carbocycles. The Morgan fingerprint density at radius 2 is 2.00 bits per heavy atom. The van der Waals surface area contributed by atoms with Crippen molar-refractivity contribution in [2.24, 2.45) is 0 Å². The molecule has 19 heavy (non-hydrogen) atoms. The number of hydrogen-bond acceptors (Lipinski definition) is 2. The first-order chi connectivity index (χ1) is 8.97. The van der Waals surface area contributed by atoms with E-state index in [0.717, 1.165) is 10.4 Å². The Hall–Kier alpha value is -0.840. The maximum Gasteiger partial charge on any atom is 0.387 e. The summed E-state index contributed by atoms with van der Waals surface area (Å²) in [5, 5.41) is -0.433. The number of benzene rings is 1. The zero-order valence-electron chi connectivity index (χ0n) is 9.87. The van der Waals surface area contributed by atoms with Crippen LogP contribution in [0.25, 0.3) is 0 Å². The third kappa shape index (κ3) is 3.59. The summed E-state index contributed by atoms with van der Waals surface area (Å²) in [6.45, 7) is -0.954. The number of halogens is 4. The molecule has 0 saturated heterocycles. The van der Waals surface area contributed by atoms with Crippen molar-refractivity contribution in [2.45, 2.75) is 18.9 Å². The van der Waals surface area contributed by atoms with Crippen LogP contribution in [-0.2, 0) is 0 Å². The Morgan fingerprint density at radius 3 is 2.58 bits per heavy atom. The van der Waals surface area contributed by atoms with Gasteiger partial charge in [-0.25, -0.2) is 0 Å². The predicted octanol–water partition coefficient (Wildman–Crippen LogP) is 5.64. The predicted molar refractivity (Wildman–Crippen MR) is 74.8 cm³/mol. The van der Waals surface area contributed by atoms with E-state index in [0.29, 0.717) is 9.90 Å². The number of ether oxygens (including phenoxy) is 1. The molecule has 2 rings (SSSR count). The minimum atomic E-state index is -2.84. The van der Waals surface area contributed by atoms with Gasteiger partial charge in [0, 0.05) is 4.88 Å². The van der Waals surface area contributed by atoms with Gasteiger partial charge in [0.05, 0.1) is 9.71 Å². The smallest absolute Gasteiger partial charge is 0.387 e. The van der Waals surface area contributed by atoms with Crippen LogP contribution in [0.2, 0.25) is 4.34 Å². The zero-order chi connectivity index (χ0) is 14.0. The monoisotopic (exact) mass is 322 g/mol. The van der Waals surface area contributed by atoms with Crippen LogP contribution >= 0.6 is 34.5 Å². The summed E-state index contributed by atoms with van der Waals surface area (Å²) >= 11 is 13.7. The van der Waals surface area contributed by atoms with Crippen molar-refractivity contribution in [1.29, 1.82) is 0 Å². The first-order valence-electron chi connectivity index (χ1n) is 5.42.